The fourth-order valence-corrected chi connectivity index (χ4v) is 2.99. The van der Waals surface area contributed by atoms with E-state index in [1.54, 1.807) is 0 Å². The van der Waals surface area contributed by atoms with Crippen LogP contribution in [0.2, 0.25) is 0 Å². The highest BCUT2D eigenvalue weighted by molar-refractivity contribution is 5.59. The monoisotopic (exact) mass is 296 g/mol. The third-order valence-electron chi connectivity index (χ3n) is 4.13. The van der Waals surface area contributed by atoms with Gasteiger partial charge in [-0.2, -0.15) is 4.98 Å². The van der Waals surface area contributed by atoms with Crippen molar-refractivity contribution in [2.24, 2.45) is 0 Å². The number of para-hydroxylation sites is 1. The molecular formula is C18H24N4. The molecule has 4 nitrogen and oxygen atoms in total. The van der Waals surface area contributed by atoms with E-state index in [1.807, 2.05) is 6.07 Å². The molecule has 1 aliphatic rings. The number of hydrogen-bond acceptors (Lipinski definition) is 4. The molecule has 1 fully saturated rings. The molecule has 0 bridgehead atoms. The zero-order valence-electron chi connectivity index (χ0n) is 13.5. The Bertz CT molecular complexity index is 606. The number of nitrogens with zero attached hydrogens (tertiary/aromatic N) is 4. The van der Waals surface area contributed by atoms with Crippen LogP contribution in [0.3, 0.4) is 0 Å². The fourth-order valence-electron chi connectivity index (χ4n) is 2.99. The maximum Gasteiger partial charge on any atom is 0.232 e. The quantitative estimate of drug-likeness (QED) is 0.855. The summed E-state index contributed by atoms with van der Waals surface area (Å²) in [5.74, 6) is 1.87. The number of piperidine rings is 1. The number of benzene rings is 1. The van der Waals surface area contributed by atoms with Crippen molar-refractivity contribution in [1.82, 2.24) is 9.97 Å². The molecule has 0 atom stereocenters. The van der Waals surface area contributed by atoms with Gasteiger partial charge in [0.25, 0.3) is 0 Å². The highest BCUT2D eigenvalue weighted by Crippen LogP contribution is 2.25. The van der Waals surface area contributed by atoms with Gasteiger partial charge in [-0.25, -0.2) is 4.98 Å². The van der Waals surface area contributed by atoms with E-state index >= 15 is 0 Å². The van der Waals surface area contributed by atoms with Gasteiger partial charge in [-0.3, -0.25) is 0 Å². The normalized spacial score (nSPS) is 14.9. The van der Waals surface area contributed by atoms with E-state index in [9.17, 15) is 0 Å². The van der Waals surface area contributed by atoms with Crippen LogP contribution in [0, 0.1) is 6.92 Å². The van der Waals surface area contributed by atoms with Crippen LogP contribution in [0.1, 0.15) is 31.9 Å². The van der Waals surface area contributed by atoms with Gasteiger partial charge in [0.05, 0.1) is 0 Å². The maximum atomic E-state index is 4.85. The molecule has 116 valence electrons. The third kappa shape index (κ3) is 3.21. The molecule has 4 heteroatoms. The number of anilines is 3. The van der Waals surface area contributed by atoms with E-state index in [0.717, 1.165) is 42.8 Å². The van der Waals surface area contributed by atoms with Gasteiger partial charge in [0.1, 0.15) is 5.82 Å². The van der Waals surface area contributed by atoms with Crippen molar-refractivity contribution in [2.75, 3.05) is 29.4 Å². The first-order valence-corrected chi connectivity index (χ1v) is 8.21. The van der Waals surface area contributed by atoms with Crippen LogP contribution in [0.15, 0.2) is 36.4 Å². The highest BCUT2D eigenvalue weighted by atomic mass is 15.3. The van der Waals surface area contributed by atoms with Gasteiger partial charge >= 0.3 is 0 Å². The summed E-state index contributed by atoms with van der Waals surface area (Å²) in [6.45, 7) is 7.25. The van der Waals surface area contributed by atoms with Crippen molar-refractivity contribution < 1.29 is 0 Å². The van der Waals surface area contributed by atoms with Gasteiger partial charge in [-0.15, -0.1) is 0 Å². The minimum Gasteiger partial charge on any atom is -0.356 e. The van der Waals surface area contributed by atoms with E-state index in [4.69, 9.17) is 4.98 Å². The van der Waals surface area contributed by atoms with Crippen LogP contribution in [-0.2, 0) is 0 Å². The molecule has 0 aliphatic carbocycles. The van der Waals surface area contributed by atoms with Crippen LogP contribution < -0.4 is 9.80 Å². The lowest BCUT2D eigenvalue weighted by Crippen LogP contribution is -2.31. The largest absolute Gasteiger partial charge is 0.356 e. The first-order chi connectivity index (χ1) is 10.8. The summed E-state index contributed by atoms with van der Waals surface area (Å²) in [4.78, 5) is 14.1. The molecular weight excluding hydrogens is 272 g/mol. The molecule has 3 rings (SSSR count). The second-order valence-corrected chi connectivity index (χ2v) is 5.80. The second-order valence-electron chi connectivity index (χ2n) is 5.80. The number of hydrogen-bond donors (Lipinski definition) is 0. The molecule has 1 aliphatic heterocycles. The Morgan fingerprint density at radius 3 is 2.45 bits per heavy atom. The molecule has 0 unspecified atom stereocenters. The average Bonchev–Trinajstić information content (AvgIpc) is 2.57. The average molecular weight is 296 g/mol. The molecule has 2 heterocycles. The zero-order valence-corrected chi connectivity index (χ0v) is 13.5. The molecule has 2 aromatic rings. The third-order valence-corrected chi connectivity index (χ3v) is 4.13. The highest BCUT2D eigenvalue weighted by Gasteiger charge is 2.16. The second kappa shape index (κ2) is 6.77. The Morgan fingerprint density at radius 1 is 1.05 bits per heavy atom. The molecule has 0 radical (unpaired) electrons. The van der Waals surface area contributed by atoms with Crippen molar-refractivity contribution in [3.8, 4) is 0 Å². The predicted molar refractivity (Wildman–Crippen MR) is 92.0 cm³/mol. The summed E-state index contributed by atoms with van der Waals surface area (Å²) < 4.78 is 0. The van der Waals surface area contributed by atoms with E-state index in [1.165, 1.54) is 19.3 Å². The van der Waals surface area contributed by atoms with Crippen LogP contribution in [0.25, 0.3) is 0 Å². The topological polar surface area (TPSA) is 32.3 Å². The molecule has 0 saturated carbocycles. The van der Waals surface area contributed by atoms with Crippen molar-refractivity contribution >= 4 is 17.5 Å². The Hall–Kier alpha value is -2.10. The van der Waals surface area contributed by atoms with Crippen LogP contribution in [-0.4, -0.2) is 29.6 Å². The van der Waals surface area contributed by atoms with E-state index in [2.05, 4.69) is 59.0 Å². The lowest BCUT2D eigenvalue weighted by molar-refractivity contribution is 0.573. The molecule has 1 aromatic carbocycles. The Morgan fingerprint density at radius 2 is 1.77 bits per heavy atom. The van der Waals surface area contributed by atoms with Crippen molar-refractivity contribution in [1.29, 1.82) is 0 Å². The molecule has 0 spiro atoms. The van der Waals surface area contributed by atoms with Gasteiger partial charge < -0.3 is 9.80 Å². The summed E-state index contributed by atoms with van der Waals surface area (Å²) in [7, 11) is 0. The smallest absolute Gasteiger partial charge is 0.232 e. The van der Waals surface area contributed by atoms with Crippen molar-refractivity contribution in [3.05, 3.63) is 42.1 Å². The SMILES string of the molecule is CCN(c1ccccc1)c1nc(C)cc(N2CCCCC2)n1. The molecule has 1 aromatic heterocycles. The lowest BCUT2D eigenvalue weighted by atomic mass is 10.1. The van der Waals surface area contributed by atoms with Gasteiger partial charge in [0.2, 0.25) is 5.95 Å². The summed E-state index contributed by atoms with van der Waals surface area (Å²) in [5, 5.41) is 0. The van der Waals surface area contributed by atoms with Crippen LogP contribution in [0.5, 0.6) is 0 Å². The van der Waals surface area contributed by atoms with Gasteiger partial charge in [-0.05, 0) is 45.2 Å². The minimum atomic E-state index is 0.800. The summed E-state index contributed by atoms with van der Waals surface area (Å²) in [5.41, 5.74) is 2.17. The predicted octanol–water partition coefficient (Wildman–Crippen LogP) is 3.93. The Labute approximate surface area is 132 Å². The summed E-state index contributed by atoms with van der Waals surface area (Å²) >= 11 is 0. The Balaban J connectivity index is 1.93. The molecule has 22 heavy (non-hydrogen) atoms. The first-order valence-electron chi connectivity index (χ1n) is 8.21. The summed E-state index contributed by atoms with van der Waals surface area (Å²) in [6, 6.07) is 12.5. The van der Waals surface area contributed by atoms with Crippen molar-refractivity contribution in [3.63, 3.8) is 0 Å². The fraction of sp³-hybridized carbons (Fsp3) is 0.444. The first kappa shape index (κ1) is 14.8. The minimum absolute atomic E-state index is 0.800. The molecule has 1 saturated heterocycles. The maximum absolute atomic E-state index is 4.85. The van der Waals surface area contributed by atoms with Crippen molar-refractivity contribution in [2.45, 2.75) is 33.1 Å². The van der Waals surface area contributed by atoms with Gasteiger partial charge in [0, 0.05) is 37.1 Å². The van der Waals surface area contributed by atoms with Crippen LogP contribution in [0.4, 0.5) is 17.5 Å². The molecule has 0 N–H and O–H groups in total. The summed E-state index contributed by atoms with van der Waals surface area (Å²) in [6.07, 6.45) is 3.85. The van der Waals surface area contributed by atoms with E-state index < -0.39 is 0 Å². The van der Waals surface area contributed by atoms with E-state index in [0.29, 0.717) is 0 Å². The number of aryl methyl sites for hydroxylation is 1. The molecule has 0 amide bonds. The van der Waals surface area contributed by atoms with Crippen LogP contribution >= 0.6 is 0 Å². The standard InChI is InChI=1S/C18H24N4/c1-3-22(16-10-6-4-7-11-16)18-19-15(2)14-17(20-18)21-12-8-5-9-13-21/h4,6-7,10-11,14H,3,5,8-9,12-13H2,1-2H3. The van der Waals surface area contributed by atoms with Gasteiger partial charge in [-0.1, -0.05) is 18.2 Å². The number of aromatic nitrogens is 2. The van der Waals surface area contributed by atoms with Gasteiger partial charge in [0.15, 0.2) is 0 Å². The van der Waals surface area contributed by atoms with E-state index in [-0.39, 0.29) is 0 Å². The Kier molecular flexibility index (Phi) is 4.56. The number of rotatable bonds is 4. The zero-order chi connectivity index (χ0) is 15.4. The lowest BCUT2D eigenvalue weighted by Gasteiger charge is -2.29.